The Bertz CT molecular complexity index is 407. The van der Waals surface area contributed by atoms with Gasteiger partial charge in [-0.15, -0.1) is 0 Å². The summed E-state index contributed by atoms with van der Waals surface area (Å²) in [6.07, 6.45) is 0.112. The lowest BCUT2D eigenvalue weighted by Gasteiger charge is -2.31. The maximum Gasteiger partial charge on any atom is 0.260 e. The van der Waals surface area contributed by atoms with E-state index in [1.54, 1.807) is 4.90 Å². The van der Waals surface area contributed by atoms with E-state index in [4.69, 9.17) is 9.47 Å². The number of ether oxygens (including phenoxy) is 2. The minimum atomic E-state index is 0.0173. The van der Waals surface area contributed by atoms with E-state index in [2.05, 4.69) is 22.6 Å². The number of carbonyl (C=O) groups excluding carboxylic acids is 1. The Balaban J connectivity index is 1.82. The number of carbonyl (C=O) groups is 1. The van der Waals surface area contributed by atoms with E-state index in [1.807, 2.05) is 31.2 Å². The smallest absolute Gasteiger partial charge is 0.260 e. The van der Waals surface area contributed by atoms with Crippen molar-refractivity contribution in [2.45, 2.75) is 13.0 Å². The summed E-state index contributed by atoms with van der Waals surface area (Å²) in [5.74, 6) is 0.744. The van der Waals surface area contributed by atoms with Gasteiger partial charge in [-0.1, -0.05) is 0 Å². The summed E-state index contributed by atoms with van der Waals surface area (Å²) >= 11 is 2.23. The summed E-state index contributed by atoms with van der Waals surface area (Å²) in [5.41, 5.74) is 0. The number of hydrogen-bond donors (Lipinski definition) is 0. The average molecular weight is 361 g/mol. The minimum absolute atomic E-state index is 0.0173. The second kappa shape index (κ2) is 6.38. The lowest BCUT2D eigenvalue weighted by molar-refractivity contribution is -0.140. The summed E-state index contributed by atoms with van der Waals surface area (Å²) in [5, 5.41) is 0. The fraction of sp³-hybridized carbons (Fsp3) is 0.462. The van der Waals surface area contributed by atoms with Crippen molar-refractivity contribution in [3.05, 3.63) is 27.8 Å². The van der Waals surface area contributed by atoms with Crippen molar-refractivity contribution in [2.24, 2.45) is 0 Å². The molecule has 0 spiro atoms. The van der Waals surface area contributed by atoms with Crippen molar-refractivity contribution in [3.8, 4) is 5.75 Å². The summed E-state index contributed by atoms with van der Waals surface area (Å²) in [6.45, 7) is 3.97. The molecular weight excluding hydrogens is 345 g/mol. The van der Waals surface area contributed by atoms with E-state index < -0.39 is 0 Å². The van der Waals surface area contributed by atoms with E-state index in [0.29, 0.717) is 19.7 Å². The first-order valence-corrected chi connectivity index (χ1v) is 7.01. The van der Waals surface area contributed by atoms with Crippen LogP contribution >= 0.6 is 22.6 Å². The monoisotopic (exact) mass is 361 g/mol. The van der Waals surface area contributed by atoms with Gasteiger partial charge < -0.3 is 14.4 Å². The van der Waals surface area contributed by atoms with E-state index in [9.17, 15) is 4.79 Å². The molecule has 18 heavy (non-hydrogen) atoms. The molecule has 0 aliphatic carbocycles. The van der Waals surface area contributed by atoms with Crippen LogP contribution in [0.1, 0.15) is 6.92 Å². The largest absolute Gasteiger partial charge is 0.484 e. The molecule has 4 nitrogen and oxygen atoms in total. The molecule has 2 rings (SSSR count). The molecule has 1 atom stereocenters. The van der Waals surface area contributed by atoms with Crippen molar-refractivity contribution in [3.63, 3.8) is 0 Å². The van der Waals surface area contributed by atoms with Crippen LogP contribution in [-0.2, 0) is 9.53 Å². The van der Waals surface area contributed by atoms with Gasteiger partial charge in [-0.2, -0.15) is 0 Å². The topological polar surface area (TPSA) is 38.8 Å². The third-order valence-electron chi connectivity index (χ3n) is 2.77. The Labute approximate surface area is 120 Å². The molecule has 0 bridgehead atoms. The number of nitrogens with zero attached hydrogens (tertiary/aromatic N) is 1. The molecule has 1 heterocycles. The van der Waals surface area contributed by atoms with Gasteiger partial charge in [0.2, 0.25) is 0 Å². The molecule has 1 fully saturated rings. The van der Waals surface area contributed by atoms with Crippen LogP contribution < -0.4 is 4.74 Å². The highest BCUT2D eigenvalue weighted by Gasteiger charge is 2.21. The van der Waals surface area contributed by atoms with Crippen LogP contribution in [0.25, 0.3) is 0 Å². The Hall–Kier alpha value is -0.820. The van der Waals surface area contributed by atoms with Crippen molar-refractivity contribution in [1.82, 2.24) is 4.90 Å². The Morgan fingerprint density at radius 1 is 1.50 bits per heavy atom. The molecule has 98 valence electrons. The zero-order chi connectivity index (χ0) is 13.0. The van der Waals surface area contributed by atoms with E-state index >= 15 is 0 Å². The van der Waals surface area contributed by atoms with Gasteiger partial charge in [0.25, 0.3) is 5.91 Å². The molecule has 1 aliphatic rings. The first-order valence-electron chi connectivity index (χ1n) is 5.93. The fourth-order valence-corrected chi connectivity index (χ4v) is 2.17. The molecule has 1 unspecified atom stereocenters. The summed E-state index contributed by atoms with van der Waals surface area (Å²) < 4.78 is 12.0. The van der Waals surface area contributed by atoms with Crippen LogP contribution in [0.15, 0.2) is 24.3 Å². The van der Waals surface area contributed by atoms with Gasteiger partial charge in [-0.3, -0.25) is 4.79 Å². The second-order valence-corrected chi connectivity index (χ2v) is 5.51. The highest BCUT2D eigenvalue weighted by Crippen LogP contribution is 2.13. The molecule has 0 aromatic heterocycles. The molecule has 0 N–H and O–H groups in total. The van der Waals surface area contributed by atoms with Gasteiger partial charge in [0, 0.05) is 16.7 Å². The third-order valence-corrected chi connectivity index (χ3v) is 3.49. The van der Waals surface area contributed by atoms with E-state index in [-0.39, 0.29) is 18.6 Å². The van der Waals surface area contributed by atoms with Gasteiger partial charge in [0.15, 0.2) is 6.61 Å². The molecule has 1 aromatic rings. The van der Waals surface area contributed by atoms with Crippen molar-refractivity contribution in [1.29, 1.82) is 0 Å². The first kappa shape index (κ1) is 13.6. The molecule has 5 heteroatoms. The first-order chi connectivity index (χ1) is 8.65. The SMILES string of the molecule is CC1CN(C(=O)COc2ccc(I)cc2)CCO1. The van der Waals surface area contributed by atoms with Gasteiger partial charge in [-0.05, 0) is 53.8 Å². The zero-order valence-corrected chi connectivity index (χ0v) is 12.4. The number of morpholine rings is 1. The van der Waals surface area contributed by atoms with Gasteiger partial charge >= 0.3 is 0 Å². The Morgan fingerprint density at radius 3 is 2.89 bits per heavy atom. The number of rotatable bonds is 3. The Kier molecular flexibility index (Phi) is 4.82. The summed E-state index contributed by atoms with van der Waals surface area (Å²) in [7, 11) is 0. The molecule has 0 saturated carbocycles. The normalized spacial score (nSPS) is 19.7. The molecule has 1 aromatic carbocycles. The van der Waals surface area contributed by atoms with E-state index in [1.165, 1.54) is 0 Å². The maximum atomic E-state index is 11.9. The van der Waals surface area contributed by atoms with Gasteiger partial charge in [0.1, 0.15) is 5.75 Å². The second-order valence-electron chi connectivity index (χ2n) is 4.26. The van der Waals surface area contributed by atoms with E-state index in [0.717, 1.165) is 9.32 Å². The van der Waals surface area contributed by atoms with Crippen LogP contribution in [0.3, 0.4) is 0 Å². The van der Waals surface area contributed by atoms with Crippen LogP contribution in [-0.4, -0.2) is 43.2 Å². The molecule has 1 saturated heterocycles. The predicted octanol–water partition coefficient (Wildman–Crippen LogP) is 1.92. The Morgan fingerprint density at radius 2 is 2.22 bits per heavy atom. The highest BCUT2D eigenvalue weighted by atomic mass is 127. The van der Waals surface area contributed by atoms with Gasteiger partial charge in [0.05, 0.1) is 12.7 Å². The average Bonchev–Trinajstić information content (AvgIpc) is 2.38. The fourth-order valence-electron chi connectivity index (χ4n) is 1.81. The van der Waals surface area contributed by atoms with Crippen LogP contribution in [0, 0.1) is 3.57 Å². The third kappa shape index (κ3) is 3.84. The number of benzene rings is 1. The molecule has 1 amide bonds. The van der Waals surface area contributed by atoms with Crippen molar-refractivity contribution in [2.75, 3.05) is 26.3 Å². The molecular formula is C13H16INO3. The van der Waals surface area contributed by atoms with Crippen LogP contribution in [0.4, 0.5) is 0 Å². The number of hydrogen-bond acceptors (Lipinski definition) is 3. The van der Waals surface area contributed by atoms with Crippen LogP contribution in [0.5, 0.6) is 5.75 Å². The lowest BCUT2D eigenvalue weighted by Crippen LogP contribution is -2.46. The molecule has 1 aliphatic heterocycles. The maximum absolute atomic E-state index is 11.9. The quantitative estimate of drug-likeness (QED) is 0.773. The highest BCUT2D eigenvalue weighted by molar-refractivity contribution is 14.1. The predicted molar refractivity (Wildman–Crippen MR) is 76.6 cm³/mol. The molecule has 0 radical (unpaired) electrons. The minimum Gasteiger partial charge on any atom is -0.484 e. The van der Waals surface area contributed by atoms with Crippen molar-refractivity contribution < 1.29 is 14.3 Å². The summed E-state index contributed by atoms with van der Waals surface area (Å²) in [4.78, 5) is 13.7. The lowest BCUT2D eigenvalue weighted by atomic mass is 10.3. The van der Waals surface area contributed by atoms with Gasteiger partial charge in [-0.25, -0.2) is 0 Å². The van der Waals surface area contributed by atoms with Crippen LogP contribution in [0.2, 0.25) is 0 Å². The number of halogens is 1. The standard InChI is InChI=1S/C13H16INO3/c1-10-8-15(6-7-17-10)13(16)9-18-12-4-2-11(14)3-5-12/h2-5,10H,6-9H2,1H3. The zero-order valence-electron chi connectivity index (χ0n) is 10.3. The number of amides is 1. The summed E-state index contributed by atoms with van der Waals surface area (Å²) in [6, 6.07) is 7.66. The van der Waals surface area contributed by atoms with Crippen molar-refractivity contribution >= 4 is 28.5 Å².